The Morgan fingerprint density at radius 3 is 3.00 bits per heavy atom. The lowest BCUT2D eigenvalue weighted by Gasteiger charge is -2.24. The van der Waals surface area contributed by atoms with Crippen molar-refractivity contribution in [3.05, 3.63) is 0 Å². The number of rotatable bonds is 1. The van der Waals surface area contributed by atoms with E-state index in [0.717, 1.165) is 11.8 Å². The quantitative estimate of drug-likeness (QED) is 0.607. The summed E-state index contributed by atoms with van der Waals surface area (Å²) in [4.78, 5) is 0. The van der Waals surface area contributed by atoms with Crippen LogP contribution in [0.25, 0.3) is 0 Å². The van der Waals surface area contributed by atoms with Gasteiger partial charge in [-0.1, -0.05) is 6.92 Å². The van der Waals surface area contributed by atoms with Crippen LogP contribution in [0.1, 0.15) is 32.6 Å². The van der Waals surface area contributed by atoms with Gasteiger partial charge in [0.25, 0.3) is 0 Å². The van der Waals surface area contributed by atoms with Gasteiger partial charge in [-0.15, -0.1) is 0 Å². The van der Waals surface area contributed by atoms with Crippen molar-refractivity contribution in [3.63, 3.8) is 0 Å². The molecule has 3 aliphatic carbocycles. The molecule has 3 fully saturated rings. The van der Waals surface area contributed by atoms with Crippen LogP contribution in [-0.2, 0) is 0 Å². The summed E-state index contributed by atoms with van der Waals surface area (Å²) < 4.78 is 0. The van der Waals surface area contributed by atoms with Crippen molar-refractivity contribution in [2.45, 2.75) is 32.6 Å². The minimum atomic E-state index is 0.426. The first-order chi connectivity index (χ1) is 5.22. The lowest BCUT2D eigenvalue weighted by Crippen LogP contribution is -2.20. The van der Waals surface area contributed by atoms with E-state index >= 15 is 0 Å². The summed E-state index contributed by atoms with van der Waals surface area (Å²) in [7, 11) is 0. The maximum absolute atomic E-state index is 9.30. The molecule has 62 valence electrons. The van der Waals surface area contributed by atoms with E-state index in [1.807, 2.05) is 0 Å². The highest BCUT2D eigenvalue weighted by atomic mass is 16.3. The fourth-order valence-electron chi connectivity index (χ4n) is 3.90. The Morgan fingerprint density at radius 1 is 1.45 bits per heavy atom. The summed E-state index contributed by atoms with van der Waals surface area (Å²) in [5.41, 5.74) is 1.11. The van der Waals surface area contributed by atoms with Gasteiger partial charge in [0.1, 0.15) is 0 Å². The molecule has 0 saturated heterocycles. The molecule has 11 heavy (non-hydrogen) atoms. The second-order valence-corrected chi connectivity index (χ2v) is 5.22. The van der Waals surface area contributed by atoms with Crippen molar-refractivity contribution in [1.82, 2.24) is 0 Å². The van der Waals surface area contributed by atoms with Gasteiger partial charge in [-0.05, 0) is 42.9 Å². The molecule has 0 aliphatic heterocycles. The molecule has 4 unspecified atom stereocenters. The van der Waals surface area contributed by atoms with Crippen LogP contribution in [0.5, 0.6) is 0 Å². The van der Waals surface area contributed by atoms with Gasteiger partial charge in [0.05, 0.1) is 0 Å². The molecular formula is C10H16O. The van der Waals surface area contributed by atoms with Crippen LogP contribution in [0.3, 0.4) is 0 Å². The van der Waals surface area contributed by atoms with Crippen LogP contribution in [-0.4, -0.2) is 11.7 Å². The summed E-state index contributed by atoms with van der Waals surface area (Å²) in [6, 6.07) is 0. The summed E-state index contributed by atoms with van der Waals surface area (Å²) >= 11 is 0. The van der Waals surface area contributed by atoms with Crippen molar-refractivity contribution < 1.29 is 5.11 Å². The molecule has 4 atom stereocenters. The standard InChI is InChI=1S/C10H16O/c1-7-2-8-4-10(8)5-9(10,3-7)6-11/h7-8,11H,2-6H2,1H3. The third-order valence-electron chi connectivity index (χ3n) is 4.55. The van der Waals surface area contributed by atoms with E-state index in [0.29, 0.717) is 17.4 Å². The van der Waals surface area contributed by atoms with E-state index in [-0.39, 0.29) is 0 Å². The van der Waals surface area contributed by atoms with Gasteiger partial charge in [0.15, 0.2) is 0 Å². The fraction of sp³-hybridized carbons (Fsp3) is 1.00. The molecule has 0 amide bonds. The molecule has 0 aromatic carbocycles. The van der Waals surface area contributed by atoms with E-state index in [4.69, 9.17) is 0 Å². The second-order valence-electron chi connectivity index (χ2n) is 5.22. The number of hydrogen-bond donors (Lipinski definition) is 1. The van der Waals surface area contributed by atoms with Gasteiger partial charge in [-0.25, -0.2) is 0 Å². The zero-order valence-electron chi connectivity index (χ0n) is 7.14. The molecular weight excluding hydrogens is 136 g/mol. The highest BCUT2D eigenvalue weighted by Crippen LogP contribution is 2.86. The van der Waals surface area contributed by atoms with E-state index in [1.54, 1.807) is 0 Å². The Labute approximate surface area is 67.8 Å². The van der Waals surface area contributed by atoms with E-state index in [9.17, 15) is 5.11 Å². The van der Waals surface area contributed by atoms with Crippen LogP contribution in [0.2, 0.25) is 0 Å². The summed E-state index contributed by atoms with van der Waals surface area (Å²) in [6.07, 6.45) is 5.55. The molecule has 0 heterocycles. The van der Waals surface area contributed by atoms with Gasteiger partial charge >= 0.3 is 0 Å². The topological polar surface area (TPSA) is 20.2 Å². The zero-order valence-corrected chi connectivity index (χ0v) is 7.14. The normalized spacial score (nSPS) is 64.9. The van der Waals surface area contributed by atoms with Crippen LogP contribution in [0, 0.1) is 22.7 Å². The molecule has 3 aliphatic rings. The van der Waals surface area contributed by atoms with Gasteiger partial charge in [0.2, 0.25) is 0 Å². The first kappa shape index (κ1) is 6.47. The van der Waals surface area contributed by atoms with Crippen molar-refractivity contribution in [2.75, 3.05) is 6.61 Å². The lowest BCUT2D eigenvalue weighted by molar-refractivity contribution is 0.144. The molecule has 0 radical (unpaired) electrons. The predicted octanol–water partition coefficient (Wildman–Crippen LogP) is 1.80. The third-order valence-corrected chi connectivity index (χ3v) is 4.55. The molecule has 3 rings (SSSR count). The van der Waals surface area contributed by atoms with Crippen molar-refractivity contribution >= 4 is 0 Å². The first-order valence-corrected chi connectivity index (χ1v) is 4.83. The number of hydrogen-bond acceptors (Lipinski definition) is 1. The number of aliphatic hydroxyl groups excluding tert-OH is 1. The Hall–Kier alpha value is -0.0400. The van der Waals surface area contributed by atoms with Gasteiger partial charge in [0, 0.05) is 12.0 Å². The summed E-state index contributed by atoms with van der Waals surface area (Å²) in [6.45, 7) is 2.81. The van der Waals surface area contributed by atoms with Crippen molar-refractivity contribution in [3.8, 4) is 0 Å². The van der Waals surface area contributed by atoms with Gasteiger partial charge in [-0.2, -0.15) is 0 Å². The maximum atomic E-state index is 9.30. The van der Waals surface area contributed by atoms with Crippen molar-refractivity contribution in [1.29, 1.82) is 0 Å². The van der Waals surface area contributed by atoms with Crippen LogP contribution in [0.4, 0.5) is 0 Å². The number of aliphatic hydroxyl groups is 1. The Balaban J connectivity index is 1.90. The van der Waals surface area contributed by atoms with E-state index in [1.165, 1.54) is 25.7 Å². The molecule has 1 nitrogen and oxygen atoms in total. The highest BCUT2D eigenvalue weighted by molar-refractivity contribution is 5.29. The van der Waals surface area contributed by atoms with Crippen LogP contribution in [0.15, 0.2) is 0 Å². The van der Waals surface area contributed by atoms with Gasteiger partial charge < -0.3 is 5.11 Å². The van der Waals surface area contributed by atoms with Gasteiger partial charge in [-0.3, -0.25) is 0 Å². The molecule has 1 spiro atoms. The maximum Gasteiger partial charge on any atom is 0.0493 e. The SMILES string of the molecule is CC1CC2CC23CC3(CO)C1. The molecule has 0 bridgehead atoms. The molecule has 0 aromatic heterocycles. The average Bonchev–Trinajstić information content (AvgIpc) is 2.74. The van der Waals surface area contributed by atoms with Crippen LogP contribution >= 0.6 is 0 Å². The highest BCUT2D eigenvalue weighted by Gasteiger charge is 2.80. The smallest absolute Gasteiger partial charge is 0.0493 e. The van der Waals surface area contributed by atoms with Crippen LogP contribution < -0.4 is 0 Å². The summed E-state index contributed by atoms with van der Waals surface area (Å²) in [5.74, 6) is 1.89. The largest absolute Gasteiger partial charge is 0.396 e. The fourth-order valence-corrected chi connectivity index (χ4v) is 3.90. The molecule has 1 heteroatoms. The monoisotopic (exact) mass is 152 g/mol. The van der Waals surface area contributed by atoms with E-state index in [2.05, 4.69) is 6.92 Å². The Kier molecular flexibility index (Phi) is 0.893. The first-order valence-electron chi connectivity index (χ1n) is 4.83. The van der Waals surface area contributed by atoms with E-state index < -0.39 is 0 Å². The minimum absolute atomic E-state index is 0.426. The second kappa shape index (κ2) is 1.52. The summed E-state index contributed by atoms with van der Waals surface area (Å²) in [5, 5.41) is 9.30. The molecule has 0 aromatic rings. The predicted molar refractivity (Wildman–Crippen MR) is 43.1 cm³/mol. The third kappa shape index (κ3) is 0.547. The van der Waals surface area contributed by atoms with Crippen molar-refractivity contribution in [2.24, 2.45) is 22.7 Å². The minimum Gasteiger partial charge on any atom is -0.396 e. The molecule has 1 N–H and O–H groups in total. The molecule has 3 saturated carbocycles. The lowest BCUT2D eigenvalue weighted by atomic mass is 9.82. The zero-order chi connectivity index (χ0) is 7.69. The Morgan fingerprint density at radius 2 is 2.27 bits per heavy atom. The Bertz CT molecular complexity index is 213. The average molecular weight is 152 g/mol.